The number of hydrogen-bond acceptors (Lipinski definition) is 4. The normalized spacial score (nSPS) is 10.4. The van der Waals surface area contributed by atoms with Gasteiger partial charge in [0.2, 0.25) is 11.6 Å². The second kappa shape index (κ2) is 6.27. The Morgan fingerprint density at radius 2 is 1.90 bits per heavy atom. The van der Waals surface area contributed by atoms with Gasteiger partial charge in [-0.15, -0.1) is 0 Å². The van der Waals surface area contributed by atoms with Crippen LogP contribution >= 0.6 is 0 Å². The van der Waals surface area contributed by atoms with Crippen LogP contribution in [-0.2, 0) is 6.54 Å². The number of ether oxygens (including phenoxy) is 1. The summed E-state index contributed by atoms with van der Waals surface area (Å²) >= 11 is 0. The molecule has 0 aromatic heterocycles. The van der Waals surface area contributed by atoms with Crippen LogP contribution in [0.1, 0.15) is 5.56 Å². The highest BCUT2D eigenvalue weighted by molar-refractivity contribution is 5.49. The lowest BCUT2D eigenvalue weighted by Crippen LogP contribution is -2.04. The van der Waals surface area contributed by atoms with Gasteiger partial charge in [0.25, 0.3) is 0 Å². The van der Waals surface area contributed by atoms with E-state index in [1.807, 2.05) is 0 Å². The second-order valence-electron chi connectivity index (χ2n) is 4.27. The first kappa shape index (κ1) is 14.9. The number of hydrogen-bond donors (Lipinski definition) is 1. The monoisotopic (exact) mass is 294 g/mol. The average molecular weight is 294 g/mol. The SMILES string of the molecule is CNCc1ccc(Oc2cc(F)cc(F)c2[N+](=O)[O-])cc1. The predicted octanol–water partition coefficient (Wildman–Crippen LogP) is 3.38. The molecule has 7 heteroatoms. The zero-order chi connectivity index (χ0) is 15.4. The molecule has 0 bridgehead atoms. The number of halogens is 2. The van der Waals surface area contributed by atoms with Gasteiger partial charge in [0, 0.05) is 18.7 Å². The number of nitro benzene ring substituents is 1. The summed E-state index contributed by atoms with van der Waals surface area (Å²) in [5.41, 5.74) is 0.0838. The van der Waals surface area contributed by atoms with Gasteiger partial charge in [0.15, 0.2) is 0 Å². The van der Waals surface area contributed by atoms with E-state index in [-0.39, 0.29) is 5.75 Å². The summed E-state index contributed by atoms with van der Waals surface area (Å²) in [6.45, 7) is 0.648. The summed E-state index contributed by atoms with van der Waals surface area (Å²) in [7, 11) is 1.79. The van der Waals surface area contributed by atoms with Crippen LogP contribution in [0.5, 0.6) is 11.5 Å². The summed E-state index contributed by atoms with van der Waals surface area (Å²) in [5, 5.41) is 13.8. The van der Waals surface area contributed by atoms with Gasteiger partial charge < -0.3 is 10.1 Å². The van der Waals surface area contributed by atoms with E-state index in [9.17, 15) is 18.9 Å². The third kappa shape index (κ3) is 3.51. The van der Waals surface area contributed by atoms with Crippen molar-refractivity contribution in [3.05, 3.63) is 63.7 Å². The molecule has 2 rings (SSSR count). The fraction of sp³-hybridized carbons (Fsp3) is 0.143. The van der Waals surface area contributed by atoms with Gasteiger partial charge in [-0.25, -0.2) is 4.39 Å². The first-order chi connectivity index (χ1) is 10.0. The Morgan fingerprint density at radius 3 is 2.48 bits per heavy atom. The Labute approximate surface area is 119 Å². The molecule has 2 aromatic carbocycles. The molecule has 110 valence electrons. The maximum atomic E-state index is 13.5. The van der Waals surface area contributed by atoms with Crippen LogP contribution in [0.15, 0.2) is 36.4 Å². The van der Waals surface area contributed by atoms with E-state index in [1.165, 1.54) is 0 Å². The van der Waals surface area contributed by atoms with Gasteiger partial charge in [-0.2, -0.15) is 4.39 Å². The molecule has 0 heterocycles. The number of benzene rings is 2. The molecule has 0 aliphatic carbocycles. The number of nitrogens with one attached hydrogen (secondary N) is 1. The molecule has 0 radical (unpaired) electrons. The lowest BCUT2D eigenvalue weighted by molar-refractivity contribution is -0.388. The third-order valence-corrected chi connectivity index (χ3v) is 2.71. The van der Waals surface area contributed by atoms with Crippen LogP contribution in [-0.4, -0.2) is 12.0 Å². The van der Waals surface area contributed by atoms with Crippen molar-refractivity contribution in [3.63, 3.8) is 0 Å². The second-order valence-corrected chi connectivity index (χ2v) is 4.27. The van der Waals surface area contributed by atoms with Crippen molar-refractivity contribution in [3.8, 4) is 11.5 Å². The molecule has 5 nitrogen and oxygen atoms in total. The van der Waals surface area contributed by atoms with Crippen LogP contribution in [0, 0.1) is 21.7 Å². The highest BCUT2D eigenvalue weighted by Gasteiger charge is 2.23. The molecule has 1 N–H and O–H groups in total. The van der Waals surface area contributed by atoms with Crippen molar-refractivity contribution in [2.75, 3.05) is 7.05 Å². The fourth-order valence-electron chi connectivity index (χ4n) is 1.80. The minimum Gasteiger partial charge on any atom is -0.450 e. The largest absolute Gasteiger partial charge is 0.450 e. The van der Waals surface area contributed by atoms with Crippen LogP contribution in [0.4, 0.5) is 14.5 Å². The van der Waals surface area contributed by atoms with E-state index in [1.54, 1.807) is 31.3 Å². The van der Waals surface area contributed by atoms with Gasteiger partial charge in [-0.3, -0.25) is 10.1 Å². The van der Waals surface area contributed by atoms with Crippen LogP contribution in [0.2, 0.25) is 0 Å². The fourth-order valence-corrected chi connectivity index (χ4v) is 1.80. The van der Waals surface area contributed by atoms with Crippen LogP contribution < -0.4 is 10.1 Å². The Bertz CT molecular complexity index is 660. The zero-order valence-electron chi connectivity index (χ0n) is 11.1. The van der Waals surface area contributed by atoms with Gasteiger partial charge in [-0.05, 0) is 24.7 Å². The third-order valence-electron chi connectivity index (χ3n) is 2.71. The first-order valence-electron chi connectivity index (χ1n) is 6.06. The standard InChI is InChI=1S/C14H12F2N2O3/c1-17-8-9-2-4-11(5-3-9)21-13-7-10(15)6-12(16)14(13)18(19)20/h2-7,17H,8H2,1H3. The lowest BCUT2D eigenvalue weighted by Gasteiger charge is -2.08. The zero-order valence-corrected chi connectivity index (χ0v) is 11.1. The van der Waals surface area contributed by atoms with E-state index in [0.29, 0.717) is 12.6 Å². The number of rotatable bonds is 5. The highest BCUT2D eigenvalue weighted by Crippen LogP contribution is 2.34. The number of nitrogens with zero attached hydrogens (tertiary/aromatic N) is 1. The molecule has 0 saturated carbocycles. The van der Waals surface area contributed by atoms with E-state index in [4.69, 9.17) is 4.74 Å². The Kier molecular flexibility index (Phi) is 4.44. The van der Waals surface area contributed by atoms with Crippen LogP contribution in [0.3, 0.4) is 0 Å². The topological polar surface area (TPSA) is 64.4 Å². The predicted molar refractivity (Wildman–Crippen MR) is 72.3 cm³/mol. The van der Waals surface area contributed by atoms with Crippen LogP contribution in [0.25, 0.3) is 0 Å². The molecule has 21 heavy (non-hydrogen) atoms. The van der Waals surface area contributed by atoms with Gasteiger partial charge >= 0.3 is 5.69 Å². The molecular formula is C14H12F2N2O3. The van der Waals surface area contributed by atoms with E-state index in [2.05, 4.69) is 5.32 Å². The molecule has 0 atom stereocenters. The highest BCUT2D eigenvalue weighted by atomic mass is 19.1. The van der Waals surface area contributed by atoms with Gasteiger partial charge in [-0.1, -0.05) is 12.1 Å². The van der Waals surface area contributed by atoms with Gasteiger partial charge in [0.05, 0.1) is 4.92 Å². The van der Waals surface area contributed by atoms with E-state index >= 15 is 0 Å². The average Bonchev–Trinajstić information content (AvgIpc) is 2.40. The van der Waals surface area contributed by atoms with Crippen molar-refractivity contribution < 1.29 is 18.4 Å². The summed E-state index contributed by atoms with van der Waals surface area (Å²) in [4.78, 5) is 9.89. The van der Waals surface area contributed by atoms with Crippen molar-refractivity contribution in [1.29, 1.82) is 0 Å². The molecule has 0 spiro atoms. The van der Waals surface area contributed by atoms with E-state index in [0.717, 1.165) is 11.6 Å². The molecule has 2 aromatic rings. The molecular weight excluding hydrogens is 282 g/mol. The minimum atomic E-state index is -1.28. The summed E-state index contributed by atoms with van der Waals surface area (Å²) in [6.07, 6.45) is 0. The van der Waals surface area contributed by atoms with Crippen molar-refractivity contribution in [2.45, 2.75) is 6.54 Å². The summed E-state index contributed by atoms with van der Waals surface area (Å²) in [5.74, 6) is -2.44. The van der Waals surface area contributed by atoms with Crippen molar-refractivity contribution >= 4 is 5.69 Å². The molecule has 0 aliphatic heterocycles. The molecule has 0 saturated heterocycles. The van der Waals surface area contributed by atoms with Crippen molar-refractivity contribution in [2.24, 2.45) is 0 Å². The molecule has 0 fully saturated rings. The smallest absolute Gasteiger partial charge is 0.347 e. The maximum Gasteiger partial charge on any atom is 0.347 e. The van der Waals surface area contributed by atoms with E-state index < -0.39 is 28.0 Å². The molecule has 0 aliphatic rings. The first-order valence-corrected chi connectivity index (χ1v) is 6.06. The molecule has 0 amide bonds. The Morgan fingerprint density at radius 1 is 1.24 bits per heavy atom. The summed E-state index contributed by atoms with van der Waals surface area (Å²) < 4.78 is 31.9. The Balaban J connectivity index is 2.32. The summed E-state index contributed by atoms with van der Waals surface area (Å²) in [6, 6.07) is 7.85. The lowest BCUT2D eigenvalue weighted by atomic mass is 10.2. The van der Waals surface area contributed by atoms with Gasteiger partial charge in [0.1, 0.15) is 11.6 Å². The number of nitro groups is 1. The van der Waals surface area contributed by atoms with Crippen molar-refractivity contribution in [1.82, 2.24) is 5.32 Å². The quantitative estimate of drug-likeness (QED) is 0.678. The maximum absolute atomic E-state index is 13.5. The molecule has 0 unspecified atom stereocenters. The Hall–Kier alpha value is -2.54. The minimum absolute atomic E-state index is 0.253.